The molecule has 0 amide bonds. The standard InChI is InChI=1S/C32H36O3/c1-5-21(2)31(33)34-25-13-15-26(16-14-25)35-32(3,4)24-12-19-28-23(20-24)11-18-29-27-9-7-6-8-22(27)10-17-30(28)29/h6-12,17-21,25-26H,5,13-16H2,1-4H3. The summed E-state index contributed by atoms with van der Waals surface area (Å²) in [6, 6.07) is 24.3. The molecule has 3 heteroatoms. The Morgan fingerprint density at radius 3 is 2.14 bits per heavy atom. The molecule has 1 atom stereocenters. The molecule has 0 N–H and O–H groups in total. The van der Waals surface area contributed by atoms with Crippen LogP contribution in [0.15, 0.2) is 66.7 Å². The van der Waals surface area contributed by atoms with Gasteiger partial charge in [-0.3, -0.25) is 4.79 Å². The van der Waals surface area contributed by atoms with E-state index in [0.29, 0.717) is 0 Å². The van der Waals surface area contributed by atoms with Crippen LogP contribution in [0.5, 0.6) is 0 Å². The van der Waals surface area contributed by atoms with Crippen molar-refractivity contribution in [2.24, 2.45) is 5.92 Å². The van der Waals surface area contributed by atoms with E-state index in [0.717, 1.165) is 32.1 Å². The van der Waals surface area contributed by atoms with Gasteiger partial charge in [-0.25, -0.2) is 0 Å². The maximum Gasteiger partial charge on any atom is 0.308 e. The minimum atomic E-state index is -0.391. The molecular weight excluding hydrogens is 432 g/mol. The van der Waals surface area contributed by atoms with Gasteiger partial charge in [0.15, 0.2) is 0 Å². The van der Waals surface area contributed by atoms with Crippen molar-refractivity contribution >= 4 is 38.3 Å². The zero-order valence-corrected chi connectivity index (χ0v) is 21.3. The average molecular weight is 469 g/mol. The number of carbonyl (C=O) groups excluding carboxylic acids is 1. The number of hydrogen-bond acceptors (Lipinski definition) is 3. The van der Waals surface area contributed by atoms with E-state index >= 15 is 0 Å². The van der Waals surface area contributed by atoms with Crippen LogP contribution >= 0.6 is 0 Å². The first kappa shape index (κ1) is 23.8. The van der Waals surface area contributed by atoms with E-state index in [2.05, 4.69) is 80.6 Å². The van der Waals surface area contributed by atoms with Crippen LogP contribution in [0.25, 0.3) is 32.3 Å². The maximum absolute atomic E-state index is 12.1. The highest BCUT2D eigenvalue weighted by molar-refractivity contribution is 6.17. The molecule has 4 aromatic carbocycles. The topological polar surface area (TPSA) is 35.5 Å². The van der Waals surface area contributed by atoms with E-state index in [1.165, 1.54) is 37.9 Å². The zero-order valence-electron chi connectivity index (χ0n) is 21.3. The molecule has 0 heterocycles. The summed E-state index contributed by atoms with van der Waals surface area (Å²) < 4.78 is 12.4. The van der Waals surface area contributed by atoms with Gasteiger partial charge in [0.2, 0.25) is 0 Å². The fourth-order valence-electron chi connectivity index (χ4n) is 5.40. The van der Waals surface area contributed by atoms with E-state index in [9.17, 15) is 4.79 Å². The lowest BCUT2D eigenvalue weighted by Gasteiger charge is -2.35. The fourth-order valence-corrected chi connectivity index (χ4v) is 5.40. The molecule has 4 aromatic rings. The van der Waals surface area contributed by atoms with Crippen LogP contribution < -0.4 is 0 Å². The van der Waals surface area contributed by atoms with Crippen LogP contribution in [-0.2, 0) is 19.9 Å². The second kappa shape index (κ2) is 9.62. The fraction of sp³-hybridized carbons (Fsp3) is 0.406. The molecule has 5 rings (SSSR count). The maximum atomic E-state index is 12.1. The molecule has 35 heavy (non-hydrogen) atoms. The van der Waals surface area contributed by atoms with Crippen molar-refractivity contribution in [3.63, 3.8) is 0 Å². The summed E-state index contributed by atoms with van der Waals surface area (Å²) in [4.78, 5) is 12.1. The first-order valence-electron chi connectivity index (χ1n) is 13.1. The first-order valence-corrected chi connectivity index (χ1v) is 13.1. The SMILES string of the molecule is CCC(C)C(=O)OC1CCC(OC(C)(C)c2ccc3c(ccc4c5ccccc5ccc34)c2)CC1. The van der Waals surface area contributed by atoms with Gasteiger partial charge in [0, 0.05) is 0 Å². The Morgan fingerprint density at radius 1 is 0.829 bits per heavy atom. The van der Waals surface area contributed by atoms with Gasteiger partial charge in [-0.15, -0.1) is 0 Å². The van der Waals surface area contributed by atoms with Crippen molar-refractivity contribution in [1.82, 2.24) is 0 Å². The summed E-state index contributed by atoms with van der Waals surface area (Å²) in [5.74, 6) is -0.0828. The largest absolute Gasteiger partial charge is 0.462 e. The average Bonchev–Trinajstić information content (AvgIpc) is 2.88. The van der Waals surface area contributed by atoms with Crippen molar-refractivity contribution in [3.8, 4) is 0 Å². The number of carbonyl (C=O) groups is 1. The van der Waals surface area contributed by atoms with E-state index in [-0.39, 0.29) is 24.1 Å². The molecule has 0 aromatic heterocycles. The van der Waals surface area contributed by atoms with Crippen LogP contribution in [0, 0.1) is 5.92 Å². The van der Waals surface area contributed by atoms with Crippen LogP contribution in [0.2, 0.25) is 0 Å². The predicted molar refractivity (Wildman–Crippen MR) is 145 cm³/mol. The smallest absolute Gasteiger partial charge is 0.308 e. The quantitative estimate of drug-likeness (QED) is 0.211. The Morgan fingerprint density at radius 2 is 1.43 bits per heavy atom. The second-order valence-electron chi connectivity index (χ2n) is 10.7. The van der Waals surface area contributed by atoms with Crippen LogP contribution in [-0.4, -0.2) is 18.2 Å². The molecule has 1 aliphatic rings. The molecule has 1 aliphatic carbocycles. The molecule has 0 spiro atoms. The number of hydrogen-bond donors (Lipinski definition) is 0. The van der Waals surface area contributed by atoms with Gasteiger partial charge >= 0.3 is 5.97 Å². The number of rotatable bonds is 6. The van der Waals surface area contributed by atoms with E-state index in [1.54, 1.807) is 0 Å². The lowest BCUT2D eigenvalue weighted by Crippen LogP contribution is -2.34. The lowest BCUT2D eigenvalue weighted by atomic mass is 9.90. The van der Waals surface area contributed by atoms with Gasteiger partial charge in [-0.2, -0.15) is 0 Å². The predicted octanol–water partition coefficient (Wildman–Crippen LogP) is 8.30. The third kappa shape index (κ3) is 4.79. The number of esters is 1. The van der Waals surface area contributed by atoms with Crippen LogP contribution in [0.1, 0.15) is 65.4 Å². The van der Waals surface area contributed by atoms with E-state index in [1.807, 2.05) is 13.8 Å². The summed E-state index contributed by atoms with van der Waals surface area (Å²) in [6.07, 6.45) is 4.64. The molecule has 0 bridgehead atoms. The Kier molecular flexibility index (Phi) is 6.55. The van der Waals surface area contributed by atoms with Crippen molar-refractivity contribution < 1.29 is 14.3 Å². The second-order valence-corrected chi connectivity index (χ2v) is 10.7. The highest BCUT2D eigenvalue weighted by Gasteiger charge is 2.31. The third-order valence-corrected chi connectivity index (χ3v) is 7.82. The minimum absolute atomic E-state index is 0.0216. The molecule has 0 aliphatic heterocycles. The van der Waals surface area contributed by atoms with Gasteiger partial charge in [0.05, 0.1) is 17.6 Å². The van der Waals surface area contributed by atoms with Gasteiger partial charge in [0.25, 0.3) is 0 Å². The summed E-state index contributed by atoms with van der Waals surface area (Å²) in [5, 5.41) is 7.67. The Labute approximate surface area is 208 Å². The highest BCUT2D eigenvalue weighted by atomic mass is 16.5. The number of fused-ring (bicyclic) bond motifs is 5. The molecule has 3 nitrogen and oxygen atoms in total. The normalized spacial score (nSPS) is 19.8. The monoisotopic (exact) mass is 468 g/mol. The minimum Gasteiger partial charge on any atom is -0.462 e. The van der Waals surface area contributed by atoms with Crippen molar-refractivity contribution in [2.75, 3.05) is 0 Å². The Bertz CT molecular complexity index is 1360. The molecule has 0 saturated heterocycles. The molecule has 182 valence electrons. The third-order valence-electron chi connectivity index (χ3n) is 7.82. The summed E-state index contributed by atoms with van der Waals surface area (Å²) in [7, 11) is 0. The van der Waals surface area contributed by atoms with Crippen LogP contribution in [0.4, 0.5) is 0 Å². The number of benzene rings is 4. The lowest BCUT2D eigenvalue weighted by molar-refractivity contribution is -0.159. The molecular formula is C32H36O3. The number of ether oxygens (including phenoxy) is 2. The highest BCUT2D eigenvalue weighted by Crippen LogP contribution is 2.36. The molecule has 1 fully saturated rings. The summed E-state index contributed by atoms with van der Waals surface area (Å²) in [6.45, 7) is 8.29. The summed E-state index contributed by atoms with van der Waals surface area (Å²) in [5.41, 5.74) is 0.799. The first-order chi connectivity index (χ1) is 16.9. The van der Waals surface area contributed by atoms with Gasteiger partial charge in [-0.1, -0.05) is 74.5 Å². The zero-order chi connectivity index (χ0) is 24.6. The van der Waals surface area contributed by atoms with Gasteiger partial charge in [0.1, 0.15) is 6.10 Å². The van der Waals surface area contributed by atoms with Gasteiger partial charge in [-0.05, 0) is 89.9 Å². The molecule has 0 radical (unpaired) electrons. The van der Waals surface area contributed by atoms with Crippen molar-refractivity contribution in [3.05, 3.63) is 72.3 Å². The summed E-state index contributed by atoms with van der Waals surface area (Å²) >= 11 is 0. The Hall–Kier alpha value is -2.91. The molecule has 1 unspecified atom stereocenters. The van der Waals surface area contributed by atoms with Gasteiger partial charge < -0.3 is 9.47 Å². The van der Waals surface area contributed by atoms with E-state index in [4.69, 9.17) is 9.47 Å². The van der Waals surface area contributed by atoms with E-state index < -0.39 is 5.60 Å². The Balaban J connectivity index is 1.32. The van der Waals surface area contributed by atoms with Crippen molar-refractivity contribution in [1.29, 1.82) is 0 Å². The van der Waals surface area contributed by atoms with Crippen molar-refractivity contribution in [2.45, 2.75) is 77.6 Å². The molecule has 1 saturated carbocycles. The van der Waals surface area contributed by atoms with Crippen LogP contribution in [0.3, 0.4) is 0 Å².